The van der Waals surface area contributed by atoms with Gasteiger partial charge in [-0.05, 0) is 42.0 Å². The van der Waals surface area contributed by atoms with Crippen LogP contribution in [0.1, 0.15) is 11.3 Å². The minimum atomic E-state index is -0.548. The van der Waals surface area contributed by atoms with Crippen LogP contribution < -0.4 is 5.32 Å². The Morgan fingerprint density at radius 3 is 2.95 bits per heavy atom. The van der Waals surface area contributed by atoms with Crippen LogP contribution in [0.3, 0.4) is 0 Å². The molecule has 1 aromatic carbocycles. The summed E-state index contributed by atoms with van der Waals surface area (Å²) >= 11 is 3.47. The first-order chi connectivity index (χ1) is 10.1. The molecule has 1 atom stereocenters. The molecule has 1 aliphatic heterocycles. The third-order valence-electron chi connectivity index (χ3n) is 3.61. The van der Waals surface area contributed by atoms with Gasteiger partial charge in [0.2, 0.25) is 0 Å². The molecule has 21 heavy (non-hydrogen) atoms. The predicted molar refractivity (Wildman–Crippen MR) is 88.3 cm³/mol. The highest BCUT2D eigenvalue weighted by atomic mass is 32.2. The Morgan fingerprint density at radius 2 is 2.19 bits per heavy atom. The number of hydrogen-bond acceptors (Lipinski definition) is 4. The average Bonchev–Trinajstić information content (AvgIpc) is 3.09. The van der Waals surface area contributed by atoms with Crippen LogP contribution in [-0.4, -0.2) is 28.8 Å². The molecule has 1 aromatic heterocycles. The molecule has 1 unspecified atom stereocenters. The molecule has 0 spiro atoms. The van der Waals surface area contributed by atoms with Gasteiger partial charge < -0.3 is 10.4 Å². The first-order valence-corrected chi connectivity index (χ1v) is 8.97. The SMILES string of the molecule is OC1(CNCc2ccc(-c3cccc(F)c3)s2)CCSC1. The van der Waals surface area contributed by atoms with Gasteiger partial charge in [0, 0.05) is 28.6 Å². The van der Waals surface area contributed by atoms with E-state index in [1.807, 2.05) is 23.9 Å². The summed E-state index contributed by atoms with van der Waals surface area (Å²) < 4.78 is 13.2. The van der Waals surface area contributed by atoms with Crippen molar-refractivity contribution in [1.29, 1.82) is 0 Å². The van der Waals surface area contributed by atoms with Crippen LogP contribution in [0.4, 0.5) is 4.39 Å². The summed E-state index contributed by atoms with van der Waals surface area (Å²) in [5, 5.41) is 13.6. The Balaban J connectivity index is 1.58. The normalized spacial score (nSPS) is 21.8. The van der Waals surface area contributed by atoms with E-state index in [1.165, 1.54) is 10.9 Å². The van der Waals surface area contributed by atoms with Crippen molar-refractivity contribution in [2.24, 2.45) is 0 Å². The number of benzene rings is 1. The summed E-state index contributed by atoms with van der Waals surface area (Å²) in [6.45, 7) is 1.38. The van der Waals surface area contributed by atoms with E-state index in [9.17, 15) is 9.50 Å². The Morgan fingerprint density at radius 1 is 1.29 bits per heavy atom. The highest BCUT2D eigenvalue weighted by Crippen LogP contribution is 2.29. The van der Waals surface area contributed by atoms with Crippen LogP contribution in [0, 0.1) is 5.82 Å². The van der Waals surface area contributed by atoms with Gasteiger partial charge in [0.1, 0.15) is 5.82 Å². The second-order valence-electron chi connectivity index (χ2n) is 5.41. The maximum atomic E-state index is 13.2. The fraction of sp³-hybridized carbons (Fsp3) is 0.375. The van der Waals surface area contributed by atoms with Gasteiger partial charge in [0.05, 0.1) is 5.60 Å². The van der Waals surface area contributed by atoms with Gasteiger partial charge in [-0.15, -0.1) is 11.3 Å². The van der Waals surface area contributed by atoms with Crippen LogP contribution in [0.15, 0.2) is 36.4 Å². The highest BCUT2D eigenvalue weighted by molar-refractivity contribution is 7.99. The predicted octanol–water partition coefficient (Wildman–Crippen LogP) is 3.51. The van der Waals surface area contributed by atoms with Gasteiger partial charge in [-0.25, -0.2) is 4.39 Å². The molecule has 1 saturated heterocycles. The molecule has 2 nitrogen and oxygen atoms in total. The van der Waals surface area contributed by atoms with Crippen LogP contribution >= 0.6 is 23.1 Å². The maximum Gasteiger partial charge on any atom is 0.123 e. The van der Waals surface area contributed by atoms with Crippen LogP contribution in [0.2, 0.25) is 0 Å². The number of hydrogen-bond donors (Lipinski definition) is 2. The number of thiophene rings is 1. The molecular formula is C16H18FNOS2. The number of rotatable bonds is 5. The van der Waals surface area contributed by atoms with Gasteiger partial charge >= 0.3 is 0 Å². The average molecular weight is 323 g/mol. The van der Waals surface area contributed by atoms with Crippen LogP contribution in [0.5, 0.6) is 0 Å². The Hall–Kier alpha value is -0.880. The molecular weight excluding hydrogens is 305 g/mol. The highest BCUT2D eigenvalue weighted by Gasteiger charge is 2.30. The third-order valence-corrected chi connectivity index (χ3v) is 5.98. The van der Waals surface area contributed by atoms with E-state index in [0.717, 1.165) is 34.9 Å². The molecule has 3 rings (SSSR count). The Labute approximate surface area is 132 Å². The zero-order valence-corrected chi connectivity index (χ0v) is 13.3. The molecule has 2 N–H and O–H groups in total. The molecule has 1 fully saturated rings. The lowest BCUT2D eigenvalue weighted by Gasteiger charge is -2.21. The molecule has 2 aromatic rings. The lowest BCUT2D eigenvalue weighted by molar-refractivity contribution is 0.0675. The number of thioether (sulfide) groups is 1. The van der Waals surface area contributed by atoms with Crippen molar-refractivity contribution < 1.29 is 9.50 Å². The summed E-state index contributed by atoms with van der Waals surface area (Å²) in [6.07, 6.45) is 0.865. The lowest BCUT2D eigenvalue weighted by Crippen LogP contribution is -2.40. The molecule has 1 aliphatic rings. The smallest absolute Gasteiger partial charge is 0.123 e. The minimum absolute atomic E-state index is 0.207. The molecule has 0 bridgehead atoms. The van der Waals surface area contributed by atoms with Crippen molar-refractivity contribution in [3.63, 3.8) is 0 Å². The van der Waals surface area contributed by atoms with Crippen molar-refractivity contribution in [3.8, 4) is 10.4 Å². The monoisotopic (exact) mass is 323 g/mol. The minimum Gasteiger partial charge on any atom is -0.388 e. The van der Waals surface area contributed by atoms with E-state index in [0.29, 0.717) is 6.54 Å². The summed E-state index contributed by atoms with van der Waals surface area (Å²) in [4.78, 5) is 2.27. The molecule has 0 radical (unpaired) electrons. The number of halogens is 1. The van der Waals surface area contributed by atoms with Crippen molar-refractivity contribution in [3.05, 3.63) is 47.1 Å². The molecule has 0 saturated carbocycles. The first kappa shape index (κ1) is 15.0. The first-order valence-electron chi connectivity index (χ1n) is 7.00. The molecule has 0 amide bonds. The standard InChI is InChI=1S/C16H18FNOS2/c17-13-3-1-2-12(8-13)15-5-4-14(21-15)9-18-10-16(19)6-7-20-11-16/h1-5,8,18-19H,6-7,9-11H2. The van der Waals surface area contributed by atoms with Crippen LogP contribution in [-0.2, 0) is 6.54 Å². The quantitative estimate of drug-likeness (QED) is 0.883. The van der Waals surface area contributed by atoms with Crippen molar-refractivity contribution in [2.75, 3.05) is 18.1 Å². The van der Waals surface area contributed by atoms with E-state index in [-0.39, 0.29) is 5.82 Å². The van der Waals surface area contributed by atoms with Gasteiger partial charge in [-0.2, -0.15) is 11.8 Å². The topological polar surface area (TPSA) is 32.3 Å². The van der Waals surface area contributed by atoms with Crippen LogP contribution in [0.25, 0.3) is 10.4 Å². The van der Waals surface area contributed by atoms with E-state index in [4.69, 9.17) is 0 Å². The lowest BCUT2D eigenvalue weighted by atomic mass is 10.0. The largest absolute Gasteiger partial charge is 0.388 e. The zero-order chi connectivity index (χ0) is 14.7. The summed E-state index contributed by atoms with van der Waals surface area (Å²) in [7, 11) is 0. The van der Waals surface area contributed by atoms with E-state index < -0.39 is 5.60 Å². The van der Waals surface area contributed by atoms with Gasteiger partial charge in [0.25, 0.3) is 0 Å². The zero-order valence-electron chi connectivity index (χ0n) is 11.6. The Kier molecular flexibility index (Phi) is 4.64. The van der Waals surface area contributed by atoms with Crippen molar-refractivity contribution >= 4 is 23.1 Å². The fourth-order valence-electron chi connectivity index (χ4n) is 2.42. The third kappa shape index (κ3) is 3.86. The van der Waals surface area contributed by atoms with Gasteiger partial charge in [-0.1, -0.05) is 12.1 Å². The molecule has 2 heterocycles. The van der Waals surface area contributed by atoms with E-state index in [2.05, 4.69) is 11.4 Å². The van der Waals surface area contributed by atoms with Crippen molar-refractivity contribution in [1.82, 2.24) is 5.32 Å². The maximum absolute atomic E-state index is 13.2. The number of aliphatic hydroxyl groups is 1. The molecule has 112 valence electrons. The second kappa shape index (κ2) is 6.48. The van der Waals surface area contributed by atoms with E-state index in [1.54, 1.807) is 23.5 Å². The number of nitrogens with one attached hydrogen (secondary N) is 1. The second-order valence-corrected chi connectivity index (χ2v) is 7.68. The Bertz CT molecular complexity index is 608. The van der Waals surface area contributed by atoms with Gasteiger partial charge in [-0.3, -0.25) is 0 Å². The summed E-state index contributed by atoms with van der Waals surface area (Å²) in [5.41, 5.74) is 0.366. The fourth-order valence-corrected chi connectivity index (χ4v) is 4.69. The summed E-state index contributed by atoms with van der Waals surface area (Å²) in [6, 6.07) is 10.8. The molecule has 5 heteroatoms. The summed E-state index contributed by atoms with van der Waals surface area (Å²) in [5.74, 6) is 1.65. The van der Waals surface area contributed by atoms with Crippen molar-refractivity contribution in [2.45, 2.75) is 18.6 Å². The van der Waals surface area contributed by atoms with E-state index >= 15 is 0 Å². The van der Waals surface area contributed by atoms with Gasteiger partial charge in [0.15, 0.2) is 0 Å². The molecule has 0 aliphatic carbocycles.